The Bertz CT molecular complexity index is 1280. The van der Waals surface area contributed by atoms with Crippen LogP contribution in [0.2, 0.25) is 0 Å². The molecule has 2 aromatic heterocycles. The summed E-state index contributed by atoms with van der Waals surface area (Å²) in [6, 6.07) is 12.8. The topological polar surface area (TPSA) is 96.6 Å². The predicted octanol–water partition coefficient (Wildman–Crippen LogP) is 4.53. The second kappa shape index (κ2) is 9.05. The van der Waals surface area contributed by atoms with Crippen LogP contribution in [0.5, 0.6) is 11.5 Å². The molecule has 0 unspecified atom stereocenters. The molecule has 0 fully saturated rings. The molecule has 4 rings (SSSR count). The van der Waals surface area contributed by atoms with E-state index < -0.39 is 5.97 Å². The van der Waals surface area contributed by atoms with Gasteiger partial charge >= 0.3 is 5.97 Å². The molecule has 0 N–H and O–H groups in total. The van der Waals surface area contributed by atoms with Crippen LogP contribution in [0.1, 0.15) is 34.4 Å². The molecule has 0 spiro atoms. The molecule has 0 bridgehead atoms. The Kier molecular flexibility index (Phi) is 6.02. The number of para-hydroxylation sites is 1. The van der Waals surface area contributed by atoms with Gasteiger partial charge in [-0.1, -0.05) is 30.3 Å². The number of benzene rings is 2. The third-order valence-electron chi connectivity index (χ3n) is 5.22. The van der Waals surface area contributed by atoms with E-state index >= 15 is 0 Å². The Morgan fingerprint density at radius 2 is 1.88 bits per heavy atom. The van der Waals surface area contributed by atoms with E-state index in [9.17, 15) is 4.79 Å². The zero-order valence-corrected chi connectivity index (χ0v) is 18.3. The maximum atomic E-state index is 13.0. The molecule has 0 atom stereocenters. The first-order valence-corrected chi connectivity index (χ1v) is 10.2. The van der Waals surface area contributed by atoms with Crippen LogP contribution in [-0.2, 0) is 17.8 Å². The van der Waals surface area contributed by atoms with Crippen molar-refractivity contribution in [1.82, 2.24) is 15.1 Å². The number of nitrogens with zero attached hydrogens (tertiary/aromatic N) is 3. The lowest BCUT2D eigenvalue weighted by atomic mass is 10.0. The van der Waals surface area contributed by atoms with Crippen LogP contribution in [0.25, 0.3) is 22.3 Å². The Morgan fingerprint density at radius 3 is 2.62 bits per heavy atom. The van der Waals surface area contributed by atoms with Gasteiger partial charge in [0.2, 0.25) is 5.82 Å². The van der Waals surface area contributed by atoms with Gasteiger partial charge in [-0.2, -0.15) is 4.98 Å². The van der Waals surface area contributed by atoms with Crippen molar-refractivity contribution in [3.05, 3.63) is 65.2 Å². The number of rotatable bonds is 7. The summed E-state index contributed by atoms with van der Waals surface area (Å²) >= 11 is 0. The van der Waals surface area contributed by atoms with E-state index in [0.29, 0.717) is 34.9 Å². The summed E-state index contributed by atoms with van der Waals surface area (Å²) < 4.78 is 21.4. The van der Waals surface area contributed by atoms with Crippen molar-refractivity contribution in [3.63, 3.8) is 0 Å². The summed E-state index contributed by atoms with van der Waals surface area (Å²) in [5.74, 6) is 1.24. The number of carbonyl (C=O) groups is 1. The quantitative estimate of drug-likeness (QED) is 0.392. The fraction of sp³-hybridized carbons (Fsp3) is 0.250. The van der Waals surface area contributed by atoms with Crippen molar-refractivity contribution in [1.29, 1.82) is 0 Å². The number of ether oxygens (including phenoxy) is 3. The minimum atomic E-state index is -0.461. The lowest BCUT2D eigenvalue weighted by molar-refractivity contribution is 0.0431. The summed E-state index contributed by atoms with van der Waals surface area (Å²) in [5.41, 5.74) is 3.57. The van der Waals surface area contributed by atoms with E-state index in [1.54, 1.807) is 32.4 Å². The smallest absolute Gasteiger partial charge is 0.339 e. The molecule has 32 heavy (non-hydrogen) atoms. The highest BCUT2D eigenvalue weighted by atomic mass is 16.6. The molecule has 4 aromatic rings. The summed E-state index contributed by atoms with van der Waals surface area (Å²) in [7, 11) is 3.12. The van der Waals surface area contributed by atoms with Crippen molar-refractivity contribution in [2.45, 2.75) is 26.9 Å². The van der Waals surface area contributed by atoms with E-state index in [2.05, 4.69) is 15.1 Å². The first-order valence-electron chi connectivity index (χ1n) is 10.2. The van der Waals surface area contributed by atoms with E-state index in [1.807, 2.05) is 38.1 Å². The normalized spacial score (nSPS) is 10.9. The highest BCUT2D eigenvalue weighted by Crippen LogP contribution is 2.31. The van der Waals surface area contributed by atoms with Crippen LogP contribution in [-0.4, -0.2) is 35.3 Å². The van der Waals surface area contributed by atoms with E-state index in [-0.39, 0.29) is 12.5 Å². The zero-order chi connectivity index (χ0) is 22.7. The highest BCUT2D eigenvalue weighted by Gasteiger charge is 2.20. The number of methoxy groups -OCH3 is 2. The number of esters is 1. The molecule has 0 saturated carbocycles. The predicted molar refractivity (Wildman–Crippen MR) is 118 cm³/mol. The number of pyridine rings is 1. The molecule has 0 amide bonds. The van der Waals surface area contributed by atoms with Gasteiger partial charge in [0.25, 0.3) is 5.89 Å². The van der Waals surface area contributed by atoms with Gasteiger partial charge in [-0.15, -0.1) is 0 Å². The van der Waals surface area contributed by atoms with Crippen molar-refractivity contribution in [2.75, 3.05) is 14.2 Å². The summed E-state index contributed by atoms with van der Waals surface area (Å²) in [6.45, 7) is 3.74. The number of hydrogen-bond acceptors (Lipinski definition) is 8. The SMILES string of the molecule is CCc1nc2ccccc2c(C(=O)OCc2nc(-c3ccc(OC)cc3OC)no2)c1C. The van der Waals surface area contributed by atoms with Gasteiger partial charge in [-0.3, -0.25) is 4.98 Å². The van der Waals surface area contributed by atoms with Crippen LogP contribution >= 0.6 is 0 Å². The third-order valence-corrected chi connectivity index (χ3v) is 5.22. The molecule has 8 heteroatoms. The number of hydrogen-bond donors (Lipinski definition) is 0. The maximum absolute atomic E-state index is 13.0. The standard InChI is InChI=1S/C24H23N3O5/c1-5-18-14(2)22(16-8-6-7-9-19(16)25-18)24(28)31-13-21-26-23(27-32-21)17-11-10-15(29-3)12-20(17)30-4/h6-12H,5,13H2,1-4H3. The van der Waals surface area contributed by atoms with Gasteiger partial charge in [0.1, 0.15) is 11.5 Å². The van der Waals surface area contributed by atoms with E-state index in [4.69, 9.17) is 18.7 Å². The van der Waals surface area contributed by atoms with Crippen LogP contribution in [0, 0.1) is 6.92 Å². The number of aryl methyl sites for hydroxylation is 1. The average molecular weight is 433 g/mol. The Hall–Kier alpha value is -3.94. The molecule has 0 aliphatic carbocycles. The Labute approximate surface area is 185 Å². The lowest BCUT2D eigenvalue weighted by Crippen LogP contribution is -2.11. The fourth-order valence-corrected chi connectivity index (χ4v) is 3.57. The van der Waals surface area contributed by atoms with Gasteiger partial charge in [-0.25, -0.2) is 4.79 Å². The second-order valence-electron chi connectivity index (χ2n) is 7.08. The molecule has 0 radical (unpaired) electrons. The molecule has 2 aromatic carbocycles. The van der Waals surface area contributed by atoms with Crippen molar-refractivity contribution >= 4 is 16.9 Å². The molecule has 2 heterocycles. The molecule has 8 nitrogen and oxygen atoms in total. The van der Waals surface area contributed by atoms with Crippen LogP contribution in [0.3, 0.4) is 0 Å². The molecule has 0 saturated heterocycles. The van der Waals surface area contributed by atoms with Gasteiger partial charge in [0.15, 0.2) is 6.61 Å². The molecule has 0 aliphatic rings. The number of fused-ring (bicyclic) bond motifs is 1. The first kappa shape index (κ1) is 21.3. The molecule has 0 aliphatic heterocycles. The molecular weight excluding hydrogens is 410 g/mol. The number of aromatic nitrogens is 3. The largest absolute Gasteiger partial charge is 0.497 e. The van der Waals surface area contributed by atoms with Crippen molar-refractivity contribution in [3.8, 4) is 22.9 Å². The minimum Gasteiger partial charge on any atom is -0.497 e. The first-order chi connectivity index (χ1) is 15.5. The van der Waals surface area contributed by atoms with Gasteiger partial charge < -0.3 is 18.7 Å². The lowest BCUT2D eigenvalue weighted by Gasteiger charge is -2.12. The monoisotopic (exact) mass is 433 g/mol. The zero-order valence-electron chi connectivity index (χ0n) is 18.3. The van der Waals surface area contributed by atoms with E-state index in [1.165, 1.54) is 0 Å². The van der Waals surface area contributed by atoms with Gasteiger partial charge in [0.05, 0.1) is 30.9 Å². The van der Waals surface area contributed by atoms with Crippen molar-refractivity contribution in [2.24, 2.45) is 0 Å². The number of carbonyl (C=O) groups excluding carboxylic acids is 1. The second-order valence-corrected chi connectivity index (χ2v) is 7.08. The Morgan fingerprint density at radius 1 is 1.06 bits per heavy atom. The molecular formula is C24H23N3O5. The van der Waals surface area contributed by atoms with Gasteiger partial charge in [0, 0.05) is 17.1 Å². The summed E-state index contributed by atoms with van der Waals surface area (Å²) in [6.07, 6.45) is 0.716. The molecule has 164 valence electrons. The average Bonchev–Trinajstić information content (AvgIpc) is 3.30. The van der Waals surface area contributed by atoms with Crippen LogP contribution in [0.15, 0.2) is 47.0 Å². The fourth-order valence-electron chi connectivity index (χ4n) is 3.57. The third kappa shape index (κ3) is 3.99. The Balaban J connectivity index is 1.57. The van der Waals surface area contributed by atoms with Crippen LogP contribution < -0.4 is 9.47 Å². The summed E-state index contributed by atoms with van der Waals surface area (Å²) in [4.78, 5) is 22.0. The highest BCUT2D eigenvalue weighted by molar-refractivity contribution is 6.04. The maximum Gasteiger partial charge on any atom is 0.339 e. The van der Waals surface area contributed by atoms with Crippen molar-refractivity contribution < 1.29 is 23.5 Å². The minimum absolute atomic E-state index is 0.151. The van der Waals surface area contributed by atoms with E-state index in [0.717, 1.165) is 22.2 Å². The summed E-state index contributed by atoms with van der Waals surface area (Å²) in [5, 5.41) is 4.74. The van der Waals surface area contributed by atoms with Crippen LogP contribution in [0.4, 0.5) is 0 Å². The van der Waals surface area contributed by atoms with Gasteiger partial charge in [-0.05, 0) is 37.1 Å².